The molecule has 0 bridgehead atoms. The second kappa shape index (κ2) is 6.67. The van der Waals surface area contributed by atoms with E-state index in [1.54, 1.807) is 30.3 Å². The normalized spacial score (nSPS) is 13.8. The molecule has 2 N–H and O–H groups in total. The monoisotopic (exact) mass is 338 g/mol. The molecule has 2 rings (SSSR count). The lowest BCUT2D eigenvalue weighted by molar-refractivity contribution is 0.0898. The van der Waals surface area contributed by atoms with Gasteiger partial charge < -0.3 is 14.8 Å². The Labute approximate surface area is 125 Å². The summed E-state index contributed by atoms with van der Waals surface area (Å²) in [7, 11) is 0. The number of hydrogen-bond donors (Lipinski definition) is 2. The number of halogens is 1. The molecule has 1 amide bonds. The third-order valence-corrected chi connectivity index (χ3v) is 3.22. The predicted molar refractivity (Wildman–Crippen MR) is 77.2 cm³/mol. The minimum Gasteiger partial charge on any atom is -0.467 e. The fourth-order valence-electron chi connectivity index (χ4n) is 1.82. The first kappa shape index (κ1) is 14.7. The predicted octanol–water partition coefficient (Wildman–Crippen LogP) is 2.68. The average molecular weight is 339 g/mol. The standard InChI is InChI=1S/C14H15BrN2O3/c1-9(8-11(18)12-5-3-7-20-12)16-14(19)10-4-2-6-13(15)17-10/h2-7,9,11,18H,8H2,1H3,(H,16,19). The molecule has 2 unspecified atom stereocenters. The fraction of sp³-hybridized carbons (Fsp3) is 0.286. The molecule has 0 saturated carbocycles. The molecule has 106 valence electrons. The number of nitrogens with one attached hydrogen (secondary N) is 1. The molecular formula is C14H15BrN2O3. The van der Waals surface area contributed by atoms with Crippen molar-refractivity contribution in [1.82, 2.24) is 10.3 Å². The minimum atomic E-state index is -0.740. The number of hydrogen-bond acceptors (Lipinski definition) is 4. The first-order chi connectivity index (χ1) is 9.56. The van der Waals surface area contributed by atoms with Crippen molar-refractivity contribution in [2.75, 3.05) is 0 Å². The molecule has 5 nitrogen and oxygen atoms in total. The van der Waals surface area contributed by atoms with Crippen molar-refractivity contribution in [2.24, 2.45) is 0 Å². The third kappa shape index (κ3) is 3.91. The van der Waals surface area contributed by atoms with Crippen LogP contribution in [0.1, 0.15) is 35.7 Å². The molecule has 2 heterocycles. The maximum Gasteiger partial charge on any atom is 0.270 e. The van der Waals surface area contributed by atoms with E-state index < -0.39 is 6.10 Å². The van der Waals surface area contributed by atoms with Crippen LogP contribution in [-0.4, -0.2) is 22.0 Å². The summed E-state index contributed by atoms with van der Waals surface area (Å²) in [4.78, 5) is 16.1. The Morgan fingerprint density at radius 3 is 2.90 bits per heavy atom. The first-order valence-electron chi connectivity index (χ1n) is 6.21. The summed E-state index contributed by atoms with van der Waals surface area (Å²) in [5.74, 6) is 0.220. The van der Waals surface area contributed by atoms with Gasteiger partial charge in [-0.25, -0.2) is 4.98 Å². The number of carbonyl (C=O) groups is 1. The maximum absolute atomic E-state index is 12.0. The Balaban J connectivity index is 1.91. The number of amides is 1. The first-order valence-corrected chi connectivity index (χ1v) is 7.00. The van der Waals surface area contributed by atoms with Gasteiger partial charge in [-0.3, -0.25) is 4.79 Å². The van der Waals surface area contributed by atoms with Crippen molar-refractivity contribution in [2.45, 2.75) is 25.5 Å². The summed E-state index contributed by atoms with van der Waals surface area (Å²) in [6.45, 7) is 1.82. The number of nitrogens with zero attached hydrogens (tertiary/aromatic N) is 1. The molecule has 0 radical (unpaired) electrons. The highest BCUT2D eigenvalue weighted by molar-refractivity contribution is 9.10. The lowest BCUT2D eigenvalue weighted by atomic mass is 10.1. The molecule has 6 heteroatoms. The van der Waals surface area contributed by atoms with Gasteiger partial charge in [-0.2, -0.15) is 0 Å². The molecule has 0 aliphatic rings. The van der Waals surface area contributed by atoms with Crippen LogP contribution in [0.5, 0.6) is 0 Å². The van der Waals surface area contributed by atoms with E-state index in [4.69, 9.17) is 4.42 Å². The van der Waals surface area contributed by atoms with Crippen molar-refractivity contribution in [3.8, 4) is 0 Å². The van der Waals surface area contributed by atoms with E-state index in [2.05, 4.69) is 26.2 Å². The second-order valence-electron chi connectivity index (χ2n) is 4.49. The van der Waals surface area contributed by atoms with E-state index in [1.807, 2.05) is 6.92 Å². The molecule has 0 aliphatic heterocycles. The Bertz CT molecular complexity index is 572. The maximum atomic E-state index is 12.0. The number of pyridine rings is 1. The Hall–Kier alpha value is -1.66. The Morgan fingerprint density at radius 1 is 1.45 bits per heavy atom. The van der Waals surface area contributed by atoms with Crippen LogP contribution in [0.2, 0.25) is 0 Å². The smallest absolute Gasteiger partial charge is 0.270 e. The average Bonchev–Trinajstić information content (AvgIpc) is 2.92. The van der Waals surface area contributed by atoms with Crippen LogP contribution in [-0.2, 0) is 0 Å². The van der Waals surface area contributed by atoms with Gasteiger partial charge in [-0.05, 0) is 47.1 Å². The fourth-order valence-corrected chi connectivity index (χ4v) is 2.17. The van der Waals surface area contributed by atoms with E-state index >= 15 is 0 Å². The van der Waals surface area contributed by atoms with E-state index in [0.717, 1.165) is 0 Å². The number of rotatable bonds is 5. The molecule has 0 fully saturated rings. The van der Waals surface area contributed by atoms with Crippen molar-refractivity contribution in [3.63, 3.8) is 0 Å². The minimum absolute atomic E-state index is 0.205. The third-order valence-electron chi connectivity index (χ3n) is 2.77. The van der Waals surface area contributed by atoms with Gasteiger partial charge in [0, 0.05) is 12.5 Å². The SMILES string of the molecule is CC(CC(O)c1ccco1)NC(=O)c1cccc(Br)n1. The topological polar surface area (TPSA) is 75.4 Å². The van der Waals surface area contributed by atoms with E-state index in [-0.39, 0.29) is 11.9 Å². The zero-order valence-corrected chi connectivity index (χ0v) is 12.5. The molecule has 2 aromatic heterocycles. The van der Waals surface area contributed by atoms with Crippen LogP contribution < -0.4 is 5.32 Å². The summed E-state index contributed by atoms with van der Waals surface area (Å²) < 4.78 is 5.73. The molecular weight excluding hydrogens is 324 g/mol. The lowest BCUT2D eigenvalue weighted by Crippen LogP contribution is -2.34. The molecule has 20 heavy (non-hydrogen) atoms. The van der Waals surface area contributed by atoms with Gasteiger partial charge in [0.2, 0.25) is 0 Å². The van der Waals surface area contributed by atoms with Gasteiger partial charge in [-0.15, -0.1) is 0 Å². The quantitative estimate of drug-likeness (QED) is 0.822. The van der Waals surface area contributed by atoms with Gasteiger partial charge in [0.05, 0.1) is 6.26 Å². The largest absolute Gasteiger partial charge is 0.467 e. The van der Waals surface area contributed by atoms with Crippen LogP contribution in [0.4, 0.5) is 0 Å². The van der Waals surface area contributed by atoms with E-state index in [0.29, 0.717) is 22.5 Å². The van der Waals surface area contributed by atoms with Crippen molar-refractivity contribution < 1.29 is 14.3 Å². The number of carbonyl (C=O) groups excluding carboxylic acids is 1. The summed E-state index contributed by atoms with van der Waals surface area (Å²) in [5.41, 5.74) is 0.332. The van der Waals surface area contributed by atoms with Gasteiger partial charge >= 0.3 is 0 Å². The Kier molecular flexibility index (Phi) is 4.92. The van der Waals surface area contributed by atoms with Crippen LogP contribution in [0, 0.1) is 0 Å². The number of aliphatic hydroxyl groups is 1. The molecule has 0 saturated heterocycles. The summed E-state index contributed by atoms with van der Waals surface area (Å²) in [6, 6.07) is 8.34. The highest BCUT2D eigenvalue weighted by atomic mass is 79.9. The number of aliphatic hydroxyl groups excluding tert-OH is 1. The van der Waals surface area contributed by atoms with Gasteiger partial charge in [-0.1, -0.05) is 6.07 Å². The summed E-state index contributed by atoms with van der Waals surface area (Å²) >= 11 is 3.22. The zero-order valence-electron chi connectivity index (χ0n) is 10.9. The highest BCUT2D eigenvalue weighted by Crippen LogP contribution is 2.18. The van der Waals surface area contributed by atoms with Gasteiger partial charge in [0.25, 0.3) is 5.91 Å². The van der Waals surface area contributed by atoms with Crippen LogP contribution in [0.25, 0.3) is 0 Å². The van der Waals surface area contributed by atoms with Crippen molar-refractivity contribution in [1.29, 1.82) is 0 Å². The molecule has 2 aromatic rings. The molecule has 0 aliphatic carbocycles. The molecule has 0 spiro atoms. The molecule has 2 atom stereocenters. The molecule has 0 aromatic carbocycles. The van der Waals surface area contributed by atoms with Gasteiger partial charge in [0.1, 0.15) is 22.2 Å². The number of furan rings is 1. The lowest BCUT2D eigenvalue weighted by Gasteiger charge is -2.16. The zero-order chi connectivity index (χ0) is 14.5. The second-order valence-corrected chi connectivity index (χ2v) is 5.30. The highest BCUT2D eigenvalue weighted by Gasteiger charge is 2.17. The summed E-state index contributed by atoms with van der Waals surface area (Å²) in [6.07, 6.45) is 1.14. The van der Waals surface area contributed by atoms with Crippen molar-refractivity contribution >= 4 is 21.8 Å². The van der Waals surface area contributed by atoms with Crippen LogP contribution in [0.15, 0.2) is 45.6 Å². The van der Waals surface area contributed by atoms with Crippen molar-refractivity contribution in [3.05, 3.63) is 52.7 Å². The Morgan fingerprint density at radius 2 is 2.25 bits per heavy atom. The van der Waals surface area contributed by atoms with Crippen LogP contribution in [0.3, 0.4) is 0 Å². The summed E-state index contributed by atoms with van der Waals surface area (Å²) in [5, 5.41) is 12.7. The van der Waals surface area contributed by atoms with Crippen LogP contribution >= 0.6 is 15.9 Å². The van der Waals surface area contributed by atoms with Gasteiger partial charge in [0.15, 0.2) is 0 Å². The number of aromatic nitrogens is 1. The van der Waals surface area contributed by atoms with E-state index in [9.17, 15) is 9.90 Å². The van der Waals surface area contributed by atoms with E-state index in [1.165, 1.54) is 6.26 Å².